The number of morpholine rings is 1. The van der Waals surface area contributed by atoms with Gasteiger partial charge in [-0.1, -0.05) is 49.0 Å². The van der Waals surface area contributed by atoms with Crippen LogP contribution in [0.4, 0.5) is 4.79 Å². The van der Waals surface area contributed by atoms with Crippen molar-refractivity contribution in [3.8, 4) is 5.75 Å². The van der Waals surface area contributed by atoms with Crippen LogP contribution in [-0.2, 0) is 16.1 Å². The summed E-state index contributed by atoms with van der Waals surface area (Å²) in [5, 5.41) is 5.54. The molecule has 2 N–H and O–H groups in total. The number of urea groups is 1. The van der Waals surface area contributed by atoms with Crippen molar-refractivity contribution in [1.29, 1.82) is 0 Å². The van der Waals surface area contributed by atoms with Crippen LogP contribution in [-0.4, -0.2) is 43.1 Å². The molecular weight excluding hydrogens is 382 g/mol. The zero-order chi connectivity index (χ0) is 20.9. The summed E-state index contributed by atoms with van der Waals surface area (Å²) in [5.41, 5.74) is 2.26. The van der Waals surface area contributed by atoms with Gasteiger partial charge in [-0.25, -0.2) is 4.79 Å². The van der Waals surface area contributed by atoms with Gasteiger partial charge < -0.3 is 25.0 Å². The third-order valence-electron chi connectivity index (χ3n) is 5.32. The second-order valence-corrected chi connectivity index (χ2v) is 7.36. The number of rotatable bonds is 5. The summed E-state index contributed by atoms with van der Waals surface area (Å²) >= 11 is 0. The van der Waals surface area contributed by atoms with Crippen LogP contribution in [0.15, 0.2) is 66.9 Å². The van der Waals surface area contributed by atoms with E-state index in [0.29, 0.717) is 44.4 Å². The molecule has 2 aliphatic rings. The molecule has 2 aliphatic heterocycles. The number of nitrogens with one attached hydrogen (secondary N) is 2. The fourth-order valence-corrected chi connectivity index (χ4v) is 3.77. The van der Waals surface area contributed by atoms with Crippen molar-refractivity contribution in [1.82, 2.24) is 15.5 Å². The Morgan fingerprint density at radius 1 is 1.13 bits per heavy atom. The molecule has 2 aromatic rings. The van der Waals surface area contributed by atoms with Crippen LogP contribution in [0.2, 0.25) is 0 Å². The van der Waals surface area contributed by atoms with Gasteiger partial charge >= 0.3 is 6.03 Å². The third kappa shape index (κ3) is 4.46. The van der Waals surface area contributed by atoms with E-state index in [1.807, 2.05) is 54.6 Å². The number of amides is 3. The number of hydrogen-bond acceptors (Lipinski definition) is 4. The van der Waals surface area contributed by atoms with Crippen LogP contribution in [0.25, 0.3) is 0 Å². The molecule has 4 rings (SSSR count). The molecule has 0 unspecified atom stereocenters. The van der Waals surface area contributed by atoms with E-state index in [1.54, 1.807) is 4.90 Å². The van der Waals surface area contributed by atoms with E-state index < -0.39 is 12.0 Å². The van der Waals surface area contributed by atoms with Crippen LogP contribution in [0.3, 0.4) is 0 Å². The predicted octanol–water partition coefficient (Wildman–Crippen LogP) is 2.61. The Morgan fingerprint density at radius 3 is 2.67 bits per heavy atom. The molecule has 0 radical (unpaired) electrons. The molecule has 0 spiro atoms. The number of carbonyl (C=O) groups excluding carboxylic acids is 2. The van der Waals surface area contributed by atoms with Crippen LogP contribution in [0.5, 0.6) is 5.75 Å². The van der Waals surface area contributed by atoms with Gasteiger partial charge in [0.25, 0.3) is 0 Å². The normalized spacial score (nSPS) is 21.5. The van der Waals surface area contributed by atoms with Crippen LogP contribution < -0.4 is 15.4 Å². The Kier molecular flexibility index (Phi) is 5.99. The third-order valence-corrected chi connectivity index (χ3v) is 5.32. The van der Waals surface area contributed by atoms with Crippen molar-refractivity contribution in [2.45, 2.75) is 12.6 Å². The lowest BCUT2D eigenvalue weighted by atomic mass is 9.87. The molecule has 156 valence electrons. The molecular formula is C23H25N3O4. The number of nitrogens with zero attached hydrogens (tertiary/aromatic N) is 1. The lowest BCUT2D eigenvalue weighted by Gasteiger charge is -2.38. The second-order valence-electron chi connectivity index (χ2n) is 7.36. The molecule has 7 nitrogen and oxygen atoms in total. The second kappa shape index (κ2) is 9.00. The molecule has 0 aromatic heterocycles. The summed E-state index contributed by atoms with van der Waals surface area (Å²) in [7, 11) is 0. The number of benzene rings is 2. The average Bonchev–Trinajstić information content (AvgIpc) is 2.78. The summed E-state index contributed by atoms with van der Waals surface area (Å²) in [6.07, 6.45) is 0. The zero-order valence-electron chi connectivity index (χ0n) is 16.7. The van der Waals surface area contributed by atoms with Gasteiger partial charge in [-0.3, -0.25) is 4.79 Å². The van der Waals surface area contributed by atoms with E-state index in [-0.39, 0.29) is 11.9 Å². The van der Waals surface area contributed by atoms with E-state index in [9.17, 15) is 9.59 Å². The summed E-state index contributed by atoms with van der Waals surface area (Å²) in [4.78, 5) is 27.1. The fourth-order valence-electron chi connectivity index (χ4n) is 3.77. The van der Waals surface area contributed by atoms with Crippen molar-refractivity contribution in [2.75, 3.05) is 26.3 Å². The first-order chi connectivity index (χ1) is 14.6. The number of hydrogen-bond donors (Lipinski definition) is 2. The van der Waals surface area contributed by atoms with Crippen molar-refractivity contribution in [3.63, 3.8) is 0 Å². The lowest BCUT2D eigenvalue weighted by molar-refractivity contribution is -0.139. The summed E-state index contributed by atoms with van der Waals surface area (Å²) in [6.45, 7) is 6.48. The highest BCUT2D eigenvalue weighted by atomic mass is 16.5. The zero-order valence-corrected chi connectivity index (χ0v) is 16.7. The van der Waals surface area contributed by atoms with E-state index >= 15 is 0 Å². The van der Waals surface area contributed by atoms with Crippen molar-refractivity contribution in [2.24, 2.45) is 5.92 Å². The Hall–Kier alpha value is -3.32. The molecule has 2 heterocycles. The largest absolute Gasteiger partial charge is 0.489 e. The molecule has 2 saturated heterocycles. The molecule has 2 fully saturated rings. The number of ether oxygens (including phenoxy) is 2. The first kappa shape index (κ1) is 20.0. The standard InChI is InChI=1S/C23H25N3O4/c1-16-20(22(27)26-10-12-29-13-11-26)21(25-23(28)24-16)18-8-5-9-19(14-18)30-15-17-6-3-2-4-7-17/h2-9,14,20-21H,1,10-13,15H2,(H2,24,25,28)/t20-,21+/m1/s1. The Bertz CT molecular complexity index is 925. The quantitative estimate of drug-likeness (QED) is 0.799. The van der Waals surface area contributed by atoms with Crippen molar-refractivity contribution >= 4 is 11.9 Å². The van der Waals surface area contributed by atoms with Gasteiger partial charge in [-0.2, -0.15) is 0 Å². The van der Waals surface area contributed by atoms with Gasteiger partial charge in [0.1, 0.15) is 18.3 Å². The highest BCUT2D eigenvalue weighted by molar-refractivity contribution is 5.88. The van der Waals surface area contributed by atoms with Gasteiger partial charge in [-0.05, 0) is 23.3 Å². The van der Waals surface area contributed by atoms with Gasteiger partial charge in [-0.15, -0.1) is 0 Å². The Balaban J connectivity index is 1.55. The van der Waals surface area contributed by atoms with E-state index in [1.165, 1.54) is 0 Å². The van der Waals surface area contributed by atoms with Gasteiger partial charge in [0.05, 0.1) is 19.3 Å². The highest BCUT2D eigenvalue weighted by Crippen LogP contribution is 2.32. The Labute approximate surface area is 175 Å². The van der Waals surface area contributed by atoms with Gasteiger partial charge in [0.15, 0.2) is 0 Å². The fraction of sp³-hybridized carbons (Fsp3) is 0.304. The molecule has 0 saturated carbocycles. The lowest BCUT2D eigenvalue weighted by Crippen LogP contribution is -2.55. The van der Waals surface area contributed by atoms with E-state index in [4.69, 9.17) is 9.47 Å². The van der Waals surface area contributed by atoms with Crippen LogP contribution >= 0.6 is 0 Å². The topological polar surface area (TPSA) is 79.9 Å². The first-order valence-corrected chi connectivity index (χ1v) is 10.0. The van der Waals surface area contributed by atoms with Crippen LogP contribution in [0, 0.1) is 5.92 Å². The van der Waals surface area contributed by atoms with Crippen molar-refractivity contribution < 1.29 is 19.1 Å². The molecule has 30 heavy (non-hydrogen) atoms. The summed E-state index contributed by atoms with van der Waals surface area (Å²) < 4.78 is 11.3. The smallest absolute Gasteiger partial charge is 0.319 e. The minimum absolute atomic E-state index is 0.0728. The van der Waals surface area contributed by atoms with Crippen LogP contribution in [0.1, 0.15) is 17.2 Å². The number of carbonyl (C=O) groups is 2. The SMILES string of the molecule is C=C1NC(=O)N[C@@H](c2cccc(OCc3ccccc3)c2)[C@@H]1C(=O)N1CCOCC1. The first-order valence-electron chi connectivity index (χ1n) is 10.0. The Morgan fingerprint density at radius 2 is 1.90 bits per heavy atom. The van der Waals surface area contributed by atoms with E-state index in [2.05, 4.69) is 17.2 Å². The summed E-state index contributed by atoms with van der Waals surface area (Å²) in [5.74, 6) is -0.00565. The molecule has 0 bridgehead atoms. The molecule has 0 aliphatic carbocycles. The monoisotopic (exact) mass is 407 g/mol. The maximum Gasteiger partial charge on any atom is 0.319 e. The maximum atomic E-state index is 13.2. The van der Waals surface area contributed by atoms with Crippen molar-refractivity contribution in [3.05, 3.63) is 78.0 Å². The highest BCUT2D eigenvalue weighted by Gasteiger charge is 2.40. The summed E-state index contributed by atoms with van der Waals surface area (Å²) in [6, 6.07) is 16.5. The minimum atomic E-state index is -0.606. The van der Waals surface area contributed by atoms with Gasteiger partial charge in [0, 0.05) is 18.8 Å². The molecule has 7 heteroatoms. The maximum absolute atomic E-state index is 13.2. The minimum Gasteiger partial charge on any atom is -0.489 e. The van der Waals surface area contributed by atoms with E-state index in [0.717, 1.165) is 11.1 Å². The molecule has 2 atom stereocenters. The average molecular weight is 407 g/mol. The molecule has 2 aromatic carbocycles. The van der Waals surface area contributed by atoms with Gasteiger partial charge in [0.2, 0.25) is 5.91 Å². The predicted molar refractivity (Wildman–Crippen MR) is 112 cm³/mol. The molecule has 3 amide bonds.